The van der Waals surface area contributed by atoms with Gasteiger partial charge in [-0.3, -0.25) is 4.79 Å². The van der Waals surface area contributed by atoms with Gasteiger partial charge in [0.2, 0.25) is 0 Å². The van der Waals surface area contributed by atoms with Gasteiger partial charge in [0.15, 0.2) is 6.61 Å². The highest BCUT2D eigenvalue weighted by Crippen LogP contribution is 2.23. The standard InChI is InChI=1S/C16H24N2O2/c1-12(17)14-9-5-6-10-15(14)20-11-16(19)18-13-7-3-2-4-8-13/h5-6,9-10,12-13H,2-4,7-8,11,17H2,1H3,(H,18,19)/t12-/m1/s1. The molecule has 1 aliphatic rings. The number of rotatable bonds is 5. The van der Waals surface area contributed by atoms with E-state index in [0.29, 0.717) is 11.8 Å². The molecule has 4 nitrogen and oxygen atoms in total. The Kier molecular flexibility index (Phi) is 5.41. The van der Waals surface area contributed by atoms with Crippen molar-refractivity contribution in [3.05, 3.63) is 29.8 Å². The Bertz CT molecular complexity index is 440. The zero-order valence-electron chi connectivity index (χ0n) is 12.1. The maximum Gasteiger partial charge on any atom is 0.258 e. The van der Waals surface area contributed by atoms with Gasteiger partial charge in [0.05, 0.1) is 0 Å². The van der Waals surface area contributed by atoms with Gasteiger partial charge in [-0.15, -0.1) is 0 Å². The third-order valence-corrected chi connectivity index (χ3v) is 3.74. The maximum atomic E-state index is 11.9. The second kappa shape index (κ2) is 7.29. The van der Waals surface area contributed by atoms with E-state index in [1.807, 2.05) is 31.2 Å². The summed E-state index contributed by atoms with van der Waals surface area (Å²) < 4.78 is 5.61. The van der Waals surface area contributed by atoms with E-state index in [-0.39, 0.29) is 18.6 Å². The van der Waals surface area contributed by atoms with E-state index in [9.17, 15) is 4.79 Å². The Hall–Kier alpha value is -1.55. The van der Waals surface area contributed by atoms with Crippen molar-refractivity contribution in [3.63, 3.8) is 0 Å². The van der Waals surface area contributed by atoms with Crippen LogP contribution in [0.1, 0.15) is 50.6 Å². The third kappa shape index (κ3) is 4.23. The lowest BCUT2D eigenvalue weighted by atomic mass is 9.95. The molecule has 1 aromatic rings. The molecule has 0 heterocycles. The fourth-order valence-corrected chi connectivity index (χ4v) is 2.65. The first-order valence-corrected chi connectivity index (χ1v) is 7.43. The lowest BCUT2D eigenvalue weighted by Gasteiger charge is -2.23. The van der Waals surface area contributed by atoms with Crippen LogP contribution in [-0.2, 0) is 4.79 Å². The minimum absolute atomic E-state index is 0.0450. The Morgan fingerprint density at radius 3 is 2.75 bits per heavy atom. The van der Waals surface area contributed by atoms with Crippen molar-refractivity contribution in [2.75, 3.05) is 6.61 Å². The summed E-state index contributed by atoms with van der Waals surface area (Å²) in [5.41, 5.74) is 6.82. The van der Waals surface area contributed by atoms with Crippen molar-refractivity contribution in [3.8, 4) is 5.75 Å². The molecule has 4 heteroatoms. The van der Waals surface area contributed by atoms with Crippen molar-refractivity contribution >= 4 is 5.91 Å². The Morgan fingerprint density at radius 1 is 1.35 bits per heavy atom. The smallest absolute Gasteiger partial charge is 0.258 e. The molecule has 0 saturated heterocycles. The SMILES string of the molecule is C[C@@H](N)c1ccccc1OCC(=O)NC1CCCCC1. The zero-order chi connectivity index (χ0) is 14.4. The number of carbonyl (C=O) groups excluding carboxylic acids is 1. The second-order valence-corrected chi connectivity index (χ2v) is 5.52. The molecule has 110 valence electrons. The van der Waals surface area contributed by atoms with Crippen molar-refractivity contribution < 1.29 is 9.53 Å². The lowest BCUT2D eigenvalue weighted by Crippen LogP contribution is -2.39. The maximum absolute atomic E-state index is 11.9. The van der Waals surface area contributed by atoms with Gasteiger partial charge in [-0.2, -0.15) is 0 Å². The first kappa shape index (κ1) is 14.9. The van der Waals surface area contributed by atoms with Crippen LogP contribution < -0.4 is 15.8 Å². The summed E-state index contributed by atoms with van der Waals surface area (Å²) >= 11 is 0. The van der Waals surface area contributed by atoms with Gasteiger partial charge in [0.25, 0.3) is 5.91 Å². The number of ether oxygens (including phenoxy) is 1. The van der Waals surface area contributed by atoms with Gasteiger partial charge in [-0.05, 0) is 25.8 Å². The van der Waals surface area contributed by atoms with Gasteiger partial charge in [-0.25, -0.2) is 0 Å². The normalized spacial score (nSPS) is 17.5. The second-order valence-electron chi connectivity index (χ2n) is 5.52. The van der Waals surface area contributed by atoms with Crippen LogP contribution in [0, 0.1) is 0 Å². The van der Waals surface area contributed by atoms with E-state index >= 15 is 0 Å². The predicted molar refractivity (Wildman–Crippen MR) is 79.6 cm³/mol. The van der Waals surface area contributed by atoms with Crippen LogP contribution in [0.2, 0.25) is 0 Å². The predicted octanol–water partition coefficient (Wildman–Crippen LogP) is 2.53. The summed E-state index contributed by atoms with van der Waals surface area (Å²) in [7, 11) is 0. The number of hydrogen-bond acceptors (Lipinski definition) is 3. The van der Waals surface area contributed by atoms with Gasteiger partial charge < -0.3 is 15.8 Å². The van der Waals surface area contributed by atoms with Crippen molar-refractivity contribution in [2.24, 2.45) is 5.73 Å². The number of amides is 1. The van der Waals surface area contributed by atoms with Gasteiger partial charge >= 0.3 is 0 Å². The quantitative estimate of drug-likeness (QED) is 0.868. The Labute approximate surface area is 120 Å². The summed E-state index contributed by atoms with van der Waals surface area (Å²) in [6.45, 7) is 1.96. The summed E-state index contributed by atoms with van der Waals surface area (Å²) in [6, 6.07) is 7.82. The van der Waals surface area contributed by atoms with E-state index in [1.54, 1.807) is 0 Å². The van der Waals surface area contributed by atoms with E-state index < -0.39 is 0 Å². The number of carbonyl (C=O) groups is 1. The van der Waals surface area contributed by atoms with Crippen LogP contribution >= 0.6 is 0 Å². The highest BCUT2D eigenvalue weighted by Gasteiger charge is 2.16. The molecular formula is C16H24N2O2. The summed E-state index contributed by atoms with van der Waals surface area (Å²) in [4.78, 5) is 11.9. The monoisotopic (exact) mass is 276 g/mol. The van der Waals surface area contributed by atoms with Gasteiger partial charge in [-0.1, -0.05) is 37.5 Å². The molecule has 0 aliphatic heterocycles. The van der Waals surface area contributed by atoms with Crippen LogP contribution in [0.3, 0.4) is 0 Å². The number of hydrogen-bond donors (Lipinski definition) is 2. The summed E-state index contributed by atoms with van der Waals surface area (Å²) in [5.74, 6) is 0.651. The van der Waals surface area contributed by atoms with Gasteiger partial charge in [0.1, 0.15) is 5.75 Å². The number of benzene rings is 1. The molecule has 1 aliphatic carbocycles. The largest absolute Gasteiger partial charge is 0.483 e. The highest BCUT2D eigenvalue weighted by molar-refractivity contribution is 5.77. The summed E-state index contributed by atoms with van der Waals surface area (Å²) in [5, 5.41) is 3.04. The van der Waals surface area contributed by atoms with E-state index in [1.165, 1.54) is 19.3 Å². The fourth-order valence-electron chi connectivity index (χ4n) is 2.65. The minimum Gasteiger partial charge on any atom is -0.483 e. The van der Waals surface area contributed by atoms with E-state index in [0.717, 1.165) is 18.4 Å². The molecule has 0 radical (unpaired) electrons. The fraction of sp³-hybridized carbons (Fsp3) is 0.562. The first-order chi connectivity index (χ1) is 9.66. The van der Waals surface area contributed by atoms with Crippen LogP contribution in [0.4, 0.5) is 0 Å². The molecule has 3 N–H and O–H groups in total. The van der Waals surface area contributed by atoms with Crippen molar-refractivity contribution in [2.45, 2.75) is 51.1 Å². The summed E-state index contributed by atoms with van der Waals surface area (Å²) in [6.07, 6.45) is 5.87. The van der Waals surface area contributed by atoms with Crippen molar-refractivity contribution in [1.29, 1.82) is 0 Å². The molecule has 2 rings (SSSR count). The van der Waals surface area contributed by atoms with Crippen LogP contribution in [-0.4, -0.2) is 18.6 Å². The average molecular weight is 276 g/mol. The van der Waals surface area contributed by atoms with Crippen LogP contribution in [0.25, 0.3) is 0 Å². The van der Waals surface area contributed by atoms with Gasteiger partial charge in [0, 0.05) is 17.6 Å². The van der Waals surface area contributed by atoms with Crippen LogP contribution in [0.5, 0.6) is 5.75 Å². The van der Waals surface area contributed by atoms with E-state index in [4.69, 9.17) is 10.5 Å². The topological polar surface area (TPSA) is 64.3 Å². The number of para-hydroxylation sites is 1. The molecule has 1 saturated carbocycles. The van der Waals surface area contributed by atoms with Crippen LogP contribution in [0.15, 0.2) is 24.3 Å². The average Bonchev–Trinajstić information content (AvgIpc) is 2.46. The number of nitrogens with two attached hydrogens (primary N) is 1. The molecule has 20 heavy (non-hydrogen) atoms. The first-order valence-electron chi connectivity index (χ1n) is 7.43. The lowest BCUT2D eigenvalue weighted by molar-refractivity contribution is -0.124. The highest BCUT2D eigenvalue weighted by atomic mass is 16.5. The molecule has 1 amide bonds. The molecule has 0 aromatic heterocycles. The number of nitrogens with one attached hydrogen (secondary N) is 1. The molecule has 1 aromatic carbocycles. The molecule has 0 spiro atoms. The molecule has 1 fully saturated rings. The molecular weight excluding hydrogens is 252 g/mol. The molecule has 0 bridgehead atoms. The Balaban J connectivity index is 1.83. The Morgan fingerprint density at radius 2 is 2.05 bits per heavy atom. The zero-order valence-corrected chi connectivity index (χ0v) is 12.1. The van der Waals surface area contributed by atoms with Crippen molar-refractivity contribution in [1.82, 2.24) is 5.32 Å². The minimum atomic E-state index is -0.104. The molecule has 0 unspecified atom stereocenters. The third-order valence-electron chi connectivity index (χ3n) is 3.74. The molecule has 1 atom stereocenters. The van der Waals surface area contributed by atoms with E-state index in [2.05, 4.69) is 5.32 Å².